The van der Waals surface area contributed by atoms with Gasteiger partial charge in [0.25, 0.3) is 0 Å². The molecule has 2 aromatic rings. The summed E-state index contributed by atoms with van der Waals surface area (Å²) < 4.78 is 13.0. The Labute approximate surface area is 123 Å². The number of hydrogen-bond acceptors (Lipinski definition) is 5. The number of benzene rings is 1. The van der Waals surface area contributed by atoms with E-state index in [0.29, 0.717) is 6.61 Å². The predicted molar refractivity (Wildman–Crippen MR) is 79.1 cm³/mol. The van der Waals surface area contributed by atoms with Crippen molar-refractivity contribution >= 4 is 0 Å². The average Bonchev–Trinajstić information content (AvgIpc) is 2.90. The van der Waals surface area contributed by atoms with Crippen LogP contribution in [0.15, 0.2) is 30.5 Å². The van der Waals surface area contributed by atoms with Gasteiger partial charge in [-0.2, -0.15) is 5.10 Å². The van der Waals surface area contributed by atoms with Crippen LogP contribution < -0.4 is 20.7 Å². The van der Waals surface area contributed by atoms with Crippen LogP contribution >= 0.6 is 0 Å². The highest BCUT2D eigenvalue weighted by Crippen LogP contribution is 2.42. The van der Waals surface area contributed by atoms with Crippen molar-refractivity contribution in [3.63, 3.8) is 0 Å². The summed E-state index contributed by atoms with van der Waals surface area (Å²) in [6.07, 6.45) is 2.60. The third-order valence-corrected chi connectivity index (χ3v) is 4.05. The highest BCUT2D eigenvalue weighted by Gasteiger charge is 2.33. The maximum Gasteiger partial charge on any atom is 0.161 e. The van der Waals surface area contributed by atoms with Crippen molar-refractivity contribution in [3.8, 4) is 11.5 Å². The zero-order valence-electron chi connectivity index (χ0n) is 12.2. The number of nitrogens with two attached hydrogens (primary N) is 1. The molecule has 1 aliphatic heterocycles. The molecule has 6 nitrogen and oxygen atoms in total. The van der Waals surface area contributed by atoms with Crippen molar-refractivity contribution in [2.75, 3.05) is 13.7 Å². The summed E-state index contributed by atoms with van der Waals surface area (Å²) in [5.74, 6) is 7.74. The molecule has 0 radical (unpaired) electrons. The maximum atomic E-state index is 5.86. The molecule has 3 N–H and O–H groups in total. The Morgan fingerprint density at radius 2 is 2.29 bits per heavy atom. The van der Waals surface area contributed by atoms with E-state index < -0.39 is 0 Å². The van der Waals surface area contributed by atoms with Crippen molar-refractivity contribution in [2.45, 2.75) is 18.4 Å². The minimum atomic E-state index is -0.0856. The Balaban J connectivity index is 2.03. The van der Waals surface area contributed by atoms with E-state index in [-0.39, 0.29) is 12.0 Å². The van der Waals surface area contributed by atoms with Crippen LogP contribution in [-0.4, -0.2) is 23.5 Å². The van der Waals surface area contributed by atoms with Crippen LogP contribution in [0.25, 0.3) is 0 Å². The van der Waals surface area contributed by atoms with Gasteiger partial charge >= 0.3 is 0 Å². The zero-order valence-corrected chi connectivity index (χ0v) is 12.2. The lowest BCUT2D eigenvalue weighted by molar-refractivity contribution is 0.241. The van der Waals surface area contributed by atoms with Crippen LogP contribution in [0.3, 0.4) is 0 Å². The van der Waals surface area contributed by atoms with E-state index in [4.69, 9.17) is 15.3 Å². The smallest absolute Gasteiger partial charge is 0.161 e. The minimum absolute atomic E-state index is 0.0856. The lowest BCUT2D eigenvalue weighted by Gasteiger charge is -2.32. The van der Waals surface area contributed by atoms with Crippen molar-refractivity contribution in [1.29, 1.82) is 0 Å². The first-order chi connectivity index (χ1) is 10.3. The number of aryl methyl sites for hydroxylation is 1. The van der Waals surface area contributed by atoms with Gasteiger partial charge in [0, 0.05) is 13.0 Å². The predicted octanol–water partition coefficient (Wildman–Crippen LogP) is 1.50. The normalized spacial score (nSPS) is 18.7. The minimum Gasteiger partial charge on any atom is -0.493 e. The zero-order chi connectivity index (χ0) is 14.8. The number of rotatable bonds is 4. The molecule has 0 spiro atoms. The number of aromatic nitrogens is 2. The topological polar surface area (TPSA) is 74.3 Å². The first-order valence-corrected chi connectivity index (χ1v) is 7.00. The number of ether oxygens (including phenoxy) is 2. The second-order valence-corrected chi connectivity index (χ2v) is 5.15. The molecule has 0 fully saturated rings. The fourth-order valence-electron chi connectivity index (χ4n) is 3.04. The van der Waals surface area contributed by atoms with Gasteiger partial charge in [0.1, 0.15) is 5.75 Å². The monoisotopic (exact) mass is 288 g/mol. The molecule has 21 heavy (non-hydrogen) atoms. The summed E-state index contributed by atoms with van der Waals surface area (Å²) in [4.78, 5) is 0. The summed E-state index contributed by atoms with van der Waals surface area (Å²) in [7, 11) is 3.54. The Bertz CT molecular complexity index is 626. The molecular weight excluding hydrogens is 268 g/mol. The van der Waals surface area contributed by atoms with Crippen LogP contribution in [0.5, 0.6) is 11.5 Å². The van der Waals surface area contributed by atoms with Crippen molar-refractivity contribution in [3.05, 3.63) is 41.7 Å². The van der Waals surface area contributed by atoms with Gasteiger partial charge in [-0.05, 0) is 18.1 Å². The van der Waals surface area contributed by atoms with E-state index in [0.717, 1.165) is 29.2 Å². The van der Waals surface area contributed by atoms with Gasteiger partial charge in [-0.3, -0.25) is 16.0 Å². The third kappa shape index (κ3) is 2.36. The quantitative estimate of drug-likeness (QED) is 0.659. The Morgan fingerprint density at radius 3 is 3.05 bits per heavy atom. The molecule has 0 saturated carbocycles. The molecule has 112 valence electrons. The highest BCUT2D eigenvalue weighted by atomic mass is 16.5. The third-order valence-electron chi connectivity index (χ3n) is 4.05. The molecular formula is C15H20N4O2. The highest BCUT2D eigenvalue weighted by molar-refractivity contribution is 5.41. The van der Waals surface area contributed by atoms with Crippen LogP contribution in [0.2, 0.25) is 0 Å². The van der Waals surface area contributed by atoms with Crippen molar-refractivity contribution in [2.24, 2.45) is 12.9 Å². The number of methoxy groups -OCH3 is 1. The fourth-order valence-corrected chi connectivity index (χ4v) is 3.04. The molecule has 1 aromatic heterocycles. The molecule has 3 rings (SSSR count). The first kappa shape index (κ1) is 13.9. The molecule has 0 aliphatic carbocycles. The second-order valence-electron chi connectivity index (χ2n) is 5.15. The van der Waals surface area contributed by atoms with Gasteiger partial charge in [0.2, 0.25) is 0 Å². The standard InChI is InChI=1S/C15H20N4O2/c1-19-15(13(20-2)9-17-19)14(18-16)11-7-8-21-12-6-4-3-5-10(11)12/h3-6,9,11,14,18H,7-8,16H2,1-2H3. The van der Waals surface area contributed by atoms with Gasteiger partial charge < -0.3 is 9.47 Å². The molecule has 0 amide bonds. The van der Waals surface area contributed by atoms with E-state index in [2.05, 4.69) is 16.6 Å². The number of fused-ring (bicyclic) bond motifs is 1. The fraction of sp³-hybridized carbons (Fsp3) is 0.400. The lowest BCUT2D eigenvalue weighted by atomic mass is 9.85. The van der Waals surface area contributed by atoms with E-state index in [1.807, 2.05) is 25.2 Å². The molecule has 0 bridgehead atoms. The molecule has 1 aliphatic rings. The summed E-state index contributed by atoms with van der Waals surface area (Å²) >= 11 is 0. The van der Waals surface area contributed by atoms with E-state index in [9.17, 15) is 0 Å². The van der Waals surface area contributed by atoms with E-state index >= 15 is 0 Å². The second kappa shape index (κ2) is 5.75. The van der Waals surface area contributed by atoms with Gasteiger partial charge in [-0.25, -0.2) is 0 Å². The summed E-state index contributed by atoms with van der Waals surface area (Å²) in [5.41, 5.74) is 5.04. The van der Waals surface area contributed by atoms with Gasteiger partial charge in [-0.1, -0.05) is 18.2 Å². The Kier molecular flexibility index (Phi) is 3.81. The van der Waals surface area contributed by atoms with Crippen molar-refractivity contribution in [1.82, 2.24) is 15.2 Å². The van der Waals surface area contributed by atoms with E-state index in [1.54, 1.807) is 18.0 Å². The number of nitrogens with one attached hydrogen (secondary N) is 1. The van der Waals surface area contributed by atoms with Gasteiger partial charge in [0.05, 0.1) is 31.6 Å². The van der Waals surface area contributed by atoms with Crippen molar-refractivity contribution < 1.29 is 9.47 Å². The summed E-state index contributed by atoms with van der Waals surface area (Å²) in [6.45, 7) is 0.681. The van der Waals surface area contributed by atoms with Gasteiger partial charge in [-0.15, -0.1) is 0 Å². The van der Waals surface area contributed by atoms with Crippen LogP contribution in [-0.2, 0) is 7.05 Å². The average molecular weight is 288 g/mol. The SMILES string of the molecule is COc1cnn(C)c1C(NN)C1CCOc2ccccc21. The number of nitrogens with zero attached hydrogens (tertiary/aromatic N) is 2. The summed E-state index contributed by atoms with van der Waals surface area (Å²) in [5, 5.41) is 4.27. The van der Waals surface area contributed by atoms with E-state index in [1.165, 1.54) is 0 Å². The summed E-state index contributed by atoms with van der Waals surface area (Å²) in [6, 6.07) is 8.00. The molecule has 1 aromatic carbocycles. The maximum absolute atomic E-state index is 5.86. The Hall–Kier alpha value is -2.05. The Morgan fingerprint density at radius 1 is 1.48 bits per heavy atom. The van der Waals surface area contributed by atoms with Crippen LogP contribution in [0.1, 0.15) is 29.6 Å². The number of para-hydroxylation sites is 1. The molecule has 0 saturated heterocycles. The molecule has 2 heterocycles. The van der Waals surface area contributed by atoms with Gasteiger partial charge in [0.15, 0.2) is 5.75 Å². The largest absolute Gasteiger partial charge is 0.493 e. The molecule has 2 atom stereocenters. The number of hydrogen-bond donors (Lipinski definition) is 2. The number of hydrazine groups is 1. The molecule has 6 heteroatoms. The lowest BCUT2D eigenvalue weighted by Crippen LogP contribution is -2.36. The van der Waals surface area contributed by atoms with Crippen LogP contribution in [0, 0.1) is 0 Å². The molecule has 2 unspecified atom stereocenters. The first-order valence-electron chi connectivity index (χ1n) is 7.00. The van der Waals surface area contributed by atoms with Crippen LogP contribution in [0.4, 0.5) is 0 Å².